The van der Waals surface area contributed by atoms with Crippen molar-refractivity contribution in [3.8, 4) is 5.75 Å². The van der Waals surface area contributed by atoms with Crippen LogP contribution in [0.4, 0.5) is 11.4 Å². The number of piperazine rings is 1. The molecule has 1 atom stereocenters. The van der Waals surface area contributed by atoms with E-state index in [2.05, 4.69) is 0 Å². The molecule has 1 aliphatic heterocycles. The van der Waals surface area contributed by atoms with E-state index >= 15 is 0 Å². The Hall–Kier alpha value is -3.42. The summed E-state index contributed by atoms with van der Waals surface area (Å²) in [6, 6.07) is 11.9. The van der Waals surface area contributed by atoms with Crippen molar-refractivity contribution in [3.63, 3.8) is 0 Å². The fraction of sp³-hybridized carbons (Fsp3) is 0.263. The number of carbonyl (C=O) groups is 2. The molecule has 1 saturated heterocycles. The summed E-state index contributed by atoms with van der Waals surface area (Å²) in [7, 11) is 1.56. The van der Waals surface area contributed by atoms with Gasteiger partial charge in [0.05, 0.1) is 12.0 Å². The molecule has 8 heteroatoms. The summed E-state index contributed by atoms with van der Waals surface area (Å²) >= 11 is 0. The first kappa shape index (κ1) is 18.4. The van der Waals surface area contributed by atoms with Crippen LogP contribution in [-0.2, 0) is 4.79 Å². The number of non-ortho nitro benzene ring substituents is 1. The van der Waals surface area contributed by atoms with E-state index in [-0.39, 0.29) is 17.5 Å². The number of carbonyl (C=O) groups excluding carboxylic acids is 2. The normalized spacial score (nSPS) is 17.0. The van der Waals surface area contributed by atoms with Gasteiger partial charge in [0, 0.05) is 42.5 Å². The Morgan fingerprint density at radius 1 is 1.19 bits per heavy atom. The molecule has 2 amide bonds. The van der Waals surface area contributed by atoms with Crippen molar-refractivity contribution < 1.29 is 19.2 Å². The number of rotatable bonds is 4. The Labute approximate surface area is 156 Å². The molecule has 0 aromatic heterocycles. The number of anilines is 1. The summed E-state index contributed by atoms with van der Waals surface area (Å²) in [4.78, 5) is 38.9. The number of amides is 2. The van der Waals surface area contributed by atoms with Gasteiger partial charge >= 0.3 is 0 Å². The number of nitro groups is 1. The maximum atomic E-state index is 12.8. The van der Waals surface area contributed by atoms with E-state index in [1.165, 1.54) is 29.2 Å². The van der Waals surface area contributed by atoms with Crippen molar-refractivity contribution >= 4 is 23.2 Å². The van der Waals surface area contributed by atoms with Gasteiger partial charge in [0.1, 0.15) is 11.8 Å². The van der Waals surface area contributed by atoms with E-state index in [0.29, 0.717) is 30.1 Å². The smallest absolute Gasteiger partial charge is 0.269 e. The van der Waals surface area contributed by atoms with Crippen LogP contribution in [0.15, 0.2) is 48.5 Å². The average molecular weight is 369 g/mol. The van der Waals surface area contributed by atoms with Gasteiger partial charge in [-0.2, -0.15) is 0 Å². The fourth-order valence-corrected chi connectivity index (χ4v) is 3.07. The molecule has 2 aromatic carbocycles. The molecule has 0 spiro atoms. The number of nitrogens with zero attached hydrogens (tertiary/aromatic N) is 3. The van der Waals surface area contributed by atoms with Gasteiger partial charge in [0.25, 0.3) is 11.6 Å². The first-order chi connectivity index (χ1) is 12.9. The zero-order valence-corrected chi connectivity index (χ0v) is 15.0. The van der Waals surface area contributed by atoms with Gasteiger partial charge < -0.3 is 14.5 Å². The number of hydrogen-bond donors (Lipinski definition) is 0. The van der Waals surface area contributed by atoms with E-state index in [4.69, 9.17) is 4.74 Å². The van der Waals surface area contributed by atoms with E-state index in [1.54, 1.807) is 37.1 Å². The minimum Gasteiger partial charge on any atom is -0.497 e. The summed E-state index contributed by atoms with van der Waals surface area (Å²) in [6.45, 7) is 2.40. The van der Waals surface area contributed by atoms with Gasteiger partial charge in [-0.3, -0.25) is 19.7 Å². The molecular weight excluding hydrogens is 350 g/mol. The first-order valence-electron chi connectivity index (χ1n) is 8.43. The lowest BCUT2D eigenvalue weighted by Gasteiger charge is -2.39. The van der Waals surface area contributed by atoms with Crippen molar-refractivity contribution in [2.45, 2.75) is 13.0 Å². The maximum absolute atomic E-state index is 12.8. The molecular formula is C19H19N3O5. The molecule has 8 nitrogen and oxygen atoms in total. The number of ether oxygens (including phenoxy) is 1. The second kappa shape index (κ2) is 7.45. The summed E-state index contributed by atoms with van der Waals surface area (Å²) < 4.78 is 5.20. The molecule has 1 heterocycles. The summed E-state index contributed by atoms with van der Waals surface area (Å²) in [5.74, 6) is 0.137. The Morgan fingerprint density at radius 3 is 2.52 bits per heavy atom. The van der Waals surface area contributed by atoms with Crippen LogP contribution < -0.4 is 9.64 Å². The molecule has 0 unspecified atom stereocenters. The highest BCUT2D eigenvalue weighted by Crippen LogP contribution is 2.25. The largest absolute Gasteiger partial charge is 0.497 e. The van der Waals surface area contributed by atoms with E-state index in [1.807, 2.05) is 6.07 Å². The molecule has 140 valence electrons. The standard InChI is InChI=1S/C19H19N3O5/c1-13-18(23)21(16-4-3-5-17(12-16)27-2)11-10-20(13)19(24)14-6-8-15(9-7-14)22(25)26/h3-9,12-13H,10-11H2,1-2H3/t13-/m1/s1. The minimum absolute atomic E-state index is 0.0847. The van der Waals surface area contributed by atoms with Crippen molar-refractivity contribution in [2.24, 2.45) is 0 Å². The second-order valence-corrected chi connectivity index (χ2v) is 6.17. The molecule has 1 fully saturated rings. The Bertz CT molecular complexity index is 881. The van der Waals surface area contributed by atoms with Crippen molar-refractivity contribution in [3.05, 3.63) is 64.2 Å². The highest BCUT2D eigenvalue weighted by molar-refractivity contribution is 6.03. The predicted octanol–water partition coefficient (Wildman–Crippen LogP) is 2.48. The molecule has 0 saturated carbocycles. The second-order valence-electron chi connectivity index (χ2n) is 6.17. The monoisotopic (exact) mass is 369 g/mol. The SMILES string of the molecule is COc1cccc(N2CCN(C(=O)c3ccc([N+](=O)[O-])cc3)[C@H](C)C2=O)c1. The molecule has 0 N–H and O–H groups in total. The Morgan fingerprint density at radius 2 is 1.89 bits per heavy atom. The third-order valence-corrected chi connectivity index (χ3v) is 4.61. The summed E-state index contributed by atoms with van der Waals surface area (Å²) in [5.41, 5.74) is 0.947. The summed E-state index contributed by atoms with van der Waals surface area (Å²) in [5, 5.41) is 10.7. The van der Waals surface area contributed by atoms with Gasteiger partial charge in [0.2, 0.25) is 5.91 Å². The molecule has 0 radical (unpaired) electrons. The van der Waals surface area contributed by atoms with Crippen LogP contribution in [0.5, 0.6) is 5.75 Å². The van der Waals surface area contributed by atoms with Crippen molar-refractivity contribution in [1.29, 1.82) is 0 Å². The van der Waals surface area contributed by atoms with Crippen LogP contribution in [0, 0.1) is 10.1 Å². The number of hydrogen-bond acceptors (Lipinski definition) is 5. The van der Waals surface area contributed by atoms with E-state index in [9.17, 15) is 19.7 Å². The predicted molar refractivity (Wildman–Crippen MR) is 98.9 cm³/mol. The van der Waals surface area contributed by atoms with Crippen LogP contribution >= 0.6 is 0 Å². The summed E-state index contributed by atoms with van der Waals surface area (Å²) in [6.07, 6.45) is 0. The average Bonchev–Trinajstić information content (AvgIpc) is 2.69. The zero-order chi connectivity index (χ0) is 19.6. The number of methoxy groups -OCH3 is 1. The lowest BCUT2D eigenvalue weighted by molar-refractivity contribution is -0.384. The molecule has 1 aliphatic rings. The van der Waals surface area contributed by atoms with Crippen LogP contribution in [0.25, 0.3) is 0 Å². The van der Waals surface area contributed by atoms with Crippen molar-refractivity contribution in [2.75, 3.05) is 25.1 Å². The Kier molecular flexibility index (Phi) is 5.07. The highest BCUT2D eigenvalue weighted by Gasteiger charge is 2.35. The van der Waals surface area contributed by atoms with Crippen LogP contribution in [0.1, 0.15) is 17.3 Å². The third-order valence-electron chi connectivity index (χ3n) is 4.61. The van der Waals surface area contributed by atoms with Crippen molar-refractivity contribution in [1.82, 2.24) is 4.90 Å². The molecule has 2 aromatic rings. The van der Waals surface area contributed by atoms with Crippen LogP contribution in [0.2, 0.25) is 0 Å². The third kappa shape index (κ3) is 3.59. The first-order valence-corrected chi connectivity index (χ1v) is 8.43. The molecule has 0 bridgehead atoms. The molecule has 0 aliphatic carbocycles. The number of nitro benzene ring substituents is 1. The van der Waals surface area contributed by atoms with Crippen LogP contribution in [0.3, 0.4) is 0 Å². The topological polar surface area (TPSA) is 93.0 Å². The van der Waals surface area contributed by atoms with Gasteiger partial charge in [-0.25, -0.2) is 0 Å². The van der Waals surface area contributed by atoms with Gasteiger partial charge in [-0.1, -0.05) is 6.07 Å². The number of benzene rings is 2. The van der Waals surface area contributed by atoms with Gasteiger partial charge in [0.15, 0.2) is 0 Å². The lowest BCUT2D eigenvalue weighted by Crippen LogP contribution is -2.57. The van der Waals surface area contributed by atoms with Gasteiger partial charge in [-0.15, -0.1) is 0 Å². The van der Waals surface area contributed by atoms with E-state index in [0.717, 1.165) is 0 Å². The van der Waals surface area contributed by atoms with Gasteiger partial charge in [-0.05, 0) is 31.2 Å². The zero-order valence-electron chi connectivity index (χ0n) is 15.0. The molecule has 27 heavy (non-hydrogen) atoms. The quantitative estimate of drug-likeness (QED) is 0.610. The lowest BCUT2D eigenvalue weighted by atomic mass is 10.1. The molecule has 3 rings (SSSR count). The fourth-order valence-electron chi connectivity index (χ4n) is 3.07. The highest BCUT2D eigenvalue weighted by atomic mass is 16.6. The Balaban J connectivity index is 1.77. The maximum Gasteiger partial charge on any atom is 0.269 e. The van der Waals surface area contributed by atoms with E-state index < -0.39 is 11.0 Å². The minimum atomic E-state index is -0.646. The van der Waals surface area contributed by atoms with Crippen LogP contribution in [-0.4, -0.2) is 47.9 Å².